The lowest BCUT2D eigenvalue weighted by Gasteiger charge is -2.25. The highest BCUT2D eigenvalue weighted by Gasteiger charge is 2.29. The van der Waals surface area contributed by atoms with E-state index in [1.165, 1.54) is 38.0 Å². The van der Waals surface area contributed by atoms with Crippen molar-refractivity contribution < 1.29 is 22.7 Å². The van der Waals surface area contributed by atoms with Gasteiger partial charge in [-0.1, -0.05) is 63.2 Å². The molecule has 3 rings (SSSR count). The standard InChI is InChI=1S/C28H33N3O5S/c1-20(21-12-14-22(15-13-21)28(2,3)4)29-30-27(32)19-31(37(33,34)24-10-8-7-9-11-24)25-17-16-23(35-5)18-26(25)36-6/h7-18H,19H2,1-6H3,(H,30,32)/b29-20-. The Kier molecular flexibility index (Phi) is 8.60. The Bertz CT molecular complexity index is 1360. The van der Waals surface area contributed by atoms with E-state index in [1.807, 2.05) is 24.3 Å². The van der Waals surface area contributed by atoms with Crippen LogP contribution in [0, 0.1) is 0 Å². The number of hydrogen-bond donors (Lipinski definition) is 1. The van der Waals surface area contributed by atoms with Crippen LogP contribution in [0.3, 0.4) is 0 Å². The molecule has 0 radical (unpaired) electrons. The lowest BCUT2D eigenvalue weighted by atomic mass is 9.86. The maximum atomic E-state index is 13.6. The third-order valence-electron chi connectivity index (χ3n) is 5.79. The van der Waals surface area contributed by atoms with Gasteiger partial charge in [0.25, 0.3) is 15.9 Å². The monoisotopic (exact) mass is 523 g/mol. The molecule has 0 saturated carbocycles. The average Bonchev–Trinajstić information content (AvgIpc) is 2.90. The van der Waals surface area contributed by atoms with Gasteiger partial charge in [-0.25, -0.2) is 13.8 Å². The summed E-state index contributed by atoms with van der Waals surface area (Å²) in [4.78, 5) is 13.0. The second kappa shape index (κ2) is 11.5. The van der Waals surface area contributed by atoms with Gasteiger partial charge >= 0.3 is 0 Å². The van der Waals surface area contributed by atoms with E-state index in [1.54, 1.807) is 37.3 Å². The van der Waals surface area contributed by atoms with Crippen molar-refractivity contribution in [1.82, 2.24) is 5.43 Å². The molecular formula is C28H33N3O5S. The van der Waals surface area contributed by atoms with Crippen LogP contribution in [0.4, 0.5) is 5.69 Å². The van der Waals surface area contributed by atoms with Gasteiger partial charge in [0.1, 0.15) is 18.0 Å². The molecular weight excluding hydrogens is 490 g/mol. The van der Waals surface area contributed by atoms with Crippen molar-refractivity contribution in [2.45, 2.75) is 38.0 Å². The highest BCUT2D eigenvalue weighted by molar-refractivity contribution is 7.92. The number of ether oxygens (including phenoxy) is 2. The number of hydrazone groups is 1. The molecule has 9 heteroatoms. The van der Waals surface area contributed by atoms with Gasteiger partial charge < -0.3 is 9.47 Å². The Labute approximate surface area is 219 Å². The Balaban J connectivity index is 1.90. The molecule has 0 saturated heterocycles. The van der Waals surface area contributed by atoms with Crippen molar-refractivity contribution >= 4 is 27.3 Å². The smallest absolute Gasteiger partial charge is 0.264 e. The number of nitrogens with one attached hydrogen (secondary N) is 1. The van der Waals surface area contributed by atoms with Crippen LogP contribution < -0.4 is 19.2 Å². The van der Waals surface area contributed by atoms with Gasteiger partial charge in [-0.15, -0.1) is 0 Å². The summed E-state index contributed by atoms with van der Waals surface area (Å²) < 4.78 is 38.8. The summed E-state index contributed by atoms with van der Waals surface area (Å²) >= 11 is 0. The van der Waals surface area contributed by atoms with E-state index < -0.39 is 22.5 Å². The highest BCUT2D eigenvalue weighted by atomic mass is 32.2. The fraction of sp³-hybridized carbons (Fsp3) is 0.286. The lowest BCUT2D eigenvalue weighted by molar-refractivity contribution is -0.119. The first-order chi connectivity index (χ1) is 17.5. The third-order valence-corrected chi connectivity index (χ3v) is 7.56. The molecule has 0 bridgehead atoms. The van der Waals surface area contributed by atoms with Gasteiger partial charge in [0.15, 0.2) is 0 Å². The van der Waals surface area contributed by atoms with E-state index in [2.05, 4.69) is 31.3 Å². The van der Waals surface area contributed by atoms with Gasteiger partial charge in [-0.2, -0.15) is 5.10 Å². The summed E-state index contributed by atoms with van der Waals surface area (Å²) in [5.74, 6) is 0.119. The Morgan fingerprint density at radius 2 is 1.59 bits per heavy atom. The number of anilines is 1. The van der Waals surface area contributed by atoms with Crippen LogP contribution in [0.15, 0.2) is 82.8 Å². The SMILES string of the molecule is COc1ccc(N(CC(=O)N/N=C(/C)c2ccc(C(C)(C)C)cc2)S(=O)(=O)c2ccccc2)c(OC)c1. The Morgan fingerprint density at radius 1 is 0.946 bits per heavy atom. The highest BCUT2D eigenvalue weighted by Crippen LogP contribution is 2.35. The van der Waals surface area contributed by atoms with E-state index in [0.29, 0.717) is 11.5 Å². The van der Waals surface area contributed by atoms with Crippen LogP contribution in [0.1, 0.15) is 38.8 Å². The van der Waals surface area contributed by atoms with E-state index >= 15 is 0 Å². The first-order valence-corrected chi connectivity index (χ1v) is 13.1. The molecule has 37 heavy (non-hydrogen) atoms. The van der Waals surface area contributed by atoms with E-state index in [9.17, 15) is 13.2 Å². The number of carbonyl (C=O) groups is 1. The second-order valence-electron chi connectivity index (χ2n) is 9.42. The Hall–Kier alpha value is -3.85. The van der Waals surface area contributed by atoms with Gasteiger partial charge in [0, 0.05) is 6.07 Å². The minimum absolute atomic E-state index is 0.0218. The Morgan fingerprint density at radius 3 is 2.16 bits per heavy atom. The number of sulfonamides is 1. The quantitative estimate of drug-likeness (QED) is 0.323. The molecule has 0 spiro atoms. The zero-order valence-corrected chi connectivity index (χ0v) is 22.8. The van der Waals surface area contributed by atoms with Crippen molar-refractivity contribution in [3.63, 3.8) is 0 Å². The summed E-state index contributed by atoms with van der Waals surface area (Å²) in [7, 11) is -1.19. The van der Waals surface area contributed by atoms with Crippen molar-refractivity contribution in [1.29, 1.82) is 0 Å². The average molecular weight is 524 g/mol. The number of hydrogen-bond acceptors (Lipinski definition) is 6. The normalized spacial score (nSPS) is 12.1. The molecule has 196 valence electrons. The molecule has 3 aromatic rings. The zero-order valence-electron chi connectivity index (χ0n) is 22.0. The van der Waals surface area contributed by atoms with Crippen LogP contribution in [0.2, 0.25) is 0 Å². The summed E-state index contributed by atoms with van der Waals surface area (Å²) in [6.45, 7) is 7.67. The number of rotatable bonds is 9. The second-order valence-corrected chi connectivity index (χ2v) is 11.3. The number of benzene rings is 3. The van der Waals surface area contributed by atoms with Gasteiger partial charge in [0.2, 0.25) is 0 Å². The molecule has 0 aliphatic heterocycles. The molecule has 0 fully saturated rings. The minimum Gasteiger partial charge on any atom is -0.497 e. The van der Waals surface area contributed by atoms with E-state index in [4.69, 9.17) is 9.47 Å². The summed E-state index contributed by atoms with van der Waals surface area (Å²) in [5.41, 5.74) is 5.32. The molecule has 3 aromatic carbocycles. The van der Waals surface area contributed by atoms with Crippen LogP contribution in [-0.4, -0.2) is 40.8 Å². The topological polar surface area (TPSA) is 97.3 Å². The largest absolute Gasteiger partial charge is 0.497 e. The molecule has 1 amide bonds. The molecule has 1 N–H and O–H groups in total. The molecule has 0 heterocycles. The summed E-state index contributed by atoms with van der Waals surface area (Å²) in [5, 5.41) is 4.20. The van der Waals surface area contributed by atoms with Crippen molar-refractivity contribution in [3.05, 3.63) is 83.9 Å². The fourth-order valence-corrected chi connectivity index (χ4v) is 5.05. The molecule has 0 unspecified atom stereocenters. The molecule has 0 aliphatic carbocycles. The van der Waals surface area contributed by atoms with Crippen molar-refractivity contribution in [3.8, 4) is 11.5 Å². The molecule has 0 aromatic heterocycles. The van der Waals surface area contributed by atoms with E-state index in [0.717, 1.165) is 9.87 Å². The van der Waals surface area contributed by atoms with E-state index in [-0.39, 0.29) is 21.7 Å². The predicted octanol–water partition coefficient (Wildman–Crippen LogP) is 4.74. The summed E-state index contributed by atoms with van der Waals surface area (Å²) in [6.07, 6.45) is 0. The van der Waals surface area contributed by atoms with Crippen molar-refractivity contribution in [2.24, 2.45) is 5.10 Å². The molecule has 0 atom stereocenters. The number of amides is 1. The lowest BCUT2D eigenvalue weighted by Crippen LogP contribution is -2.40. The number of nitrogens with zero attached hydrogens (tertiary/aromatic N) is 2. The maximum Gasteiger partial charge on any atom is 0.264 e. The minimum atomic E-state index is -4.11. The van der Waals surface area contributed by atoms with Gasteiger partial charge in [0.05, 0.1) is 30.5 Å². The number of methoxy groups -OCH3 is 2. The van der Waals surface area contributed by atoms with Crippen LogP contribution >= 0.6 is 0 Å². The third kappa shape index (κ3) is 6.68. The van der Waals surface area contributed by atoms with Crippen LogP contribution in [0.25, 0.3) is 0 Å². The first kappa shape index (κ1) is 27.7. The maximum absolute atomic E-state index is 13.6. The predicted molar refractivity (Wildman–Crippen MR) is 146 cm³/mol. The fourth-order valence-electron chi connectivity index (χ4n) is 3.60. The van der Waals surface area contributed by atoms with Crippen LogP contribution in [0.5, 0.6) is 11.5 Å². The van der Waals surface area contributed by atoms with Crippen molar-refractivity contribution in [2.75, 3.05) is 25.1 Å². The van der Waals surface area contributed by atoms with Gasteiger partial charge in [-0.3, -0.25) is 9.10 Å². The first-order valence-electron chi connectivity index (χ1n) is 11.7. The van der Waals surface area contributed by atoms with Gasteiger partial charge in [-0.05, 0) is 47.7 Å². The molecule has 0 aliphatic rings. The summed E-state index contributed by atoms with van der Waals surface area (Å²) in [6, 6.07) is 20.5. The zero-order chi connectivity index (χ0) is 27.2. The number of carbonyl (C=O) groups excluding carboxylic acids is 1. The van der Waals surface area contributed by atoms with Crippen LogP contribution in [-0.2, 0) is 20.2 Å². The molecule has 8 nitrogen and oxygen atoms in total.